The molecule has 2 heterocycles. The molecule has 2 aliphatic heterocycles. The van der Waals surface area contributed by atoms with Crippen molar-refractivity contribution in [3.05, 3.63) is 59.7 Å². The van der Waals surface area contributed by atoms with Crippen LogP contribution in [-0.4, -0.2) is 55.1 Å². The fourth-order valence-corrected chi connectivity index (χ4v) is 6.58. The largest absolute Gasteiger partial charge is 0.483 e. The van der Waals surface area contributed by atoms with Crippen LogP contribution in [0.25, 0.3) is 0 Å². The fourth-order valence-electron chi connectivity index (χ4n) is 3.67. The van der Waals surface area contributed by atoms with Gasteiger partial charge in [-0.1, -0.05) is 24.3 Å². The third-order valence-electron chi connectivity index (χ3n) is 5.32. The van der Waals surface area contributed by atoms with E-state index in [0.29, 0.717) is 36.4 Å². The molecular formula is C22H23F3N2O2S2. The second kappa shape index (κ2) is 9.65. The minimum atomic E-state index is -4.36. The SMILES string of the molecule is O=C(COc1ccccc1C1SCCS1)N1CCN(c2cccc(C(F)(F)F)c2)CC1. The molecule has 2 aromatic carbocycles. The van der Waals surface area contributed by atoms with Gasteiger partial charge in [-0.25, -0.2) is 0 Å². The number of rotatable bonds is 5. The van der Waals surface area contributed by atoms with Gasteiger partial charge in [-0.15, -0.1) is 23.5 Å². The average Bonchev–Trinajstić information content (AvgIpc) is 3.32. The lowest BCUT2D eigenvalue weighted by atomic mass is 10.1. The number of alkyl halides is 3. The Balaban J connectivity index is 1.31. The Bertz CT molecular complexity index is 912. The summed E-state index contributed by atoms with van der Waals surface area (Å²) in [6.45, 7) is 1.84. The standard InChI is InChI=1S/C22H23F3N2O2S2/c23-22(24,25)16-4-3-5-17(14-16)26-8-10-27(11-9-26)20(28)15-29-19-7-2-1-6-18(19)21-30-12-13-31-21/h1-7,14,21H,8-13,15H2. The number of amides is 1. The molecule has 2 fully saturated rings. The maximum Gasteiger partial charge on any atom is 0.416 e. The predicted molar refractivity (Wildman–Crippen MR) is 120 cm³/mol. The molecule has 1 amide bonds. The van der Waals surface area contributed by atoms with E-state index in [4.69, 9.17) is 4.74 Å². The number of para-hydroxylation sites is 1. The van der Waals surface area contributed by atoms with Crippen molar-refractivity contribution in [2.24, 2.45) is 0 Å². The number of carbonyl (C=O) groups is 1. The van der Waals surface area contributed by atoms with E-state index < -0.39 is 11.7 Å². The van der Waals surface area contributed by atoms with Gasteiger partial charge in [0.25, 0.3) is 5.91 Å². The first-order valence-corrected chi connectivity index (χ1v) is 12.2. The summed E-state index contributed by atoms with van der Waals surface area (Å²) in [5.41, 5.74) is 0.977. The number of nitrogens with zero attached hydrogens (tertiary/aromatic N) is 2. The highest BCUT2D eigenvalue weighted by molar-refractivity contribution is 8.19. The van der Waals surface area contributed by atoms with Gasteiger partial charge in [0, 0.05) is 48.9 Å². The molecular weight excluding hydrogens is 445 g/mol. The third-order valence-corrected chi connectivity index (χ3v) is 8.38. The Labute approximate surface area is 188 Å². The van der Waals surface area contributed by atoms with Crippen LogP contribution in [0, 0.1) is 0 Å². The molecule has 31 heavy (non-hydrogen) atoms. The fraction of sp³-hybridized carbons (Fsp3) is 0.409. The van der Waals surface area contributed by atoms with Crippen LogP contribution < -0.4 is 9.64 Å². The van der Waals surface area contributed by atoms with E-state index in [2.05, 4.69) is 0 Å². The third kappa shape index (κ3) is 5.44. The summed E-state index contributed by atoms with van der Waals surface area (Å²) in [5.74, 6) is 2.85. The number of thioether (sulfide) groups is 2. The van der Waals surface area contributed by atoms with E-state index in [-0.39, 0.29) is 12.5 Å². The molecule has 0 saturated carbocycles. The van der Waals surface area contributed by atoms with E-state index in [9.17, 15) is 18.0 Å². The zero-order chi connectivity index (χ0) is 21.8. The Hall–Kier alpha value is -2.00. The van der Waals surface area contributed by atoms with Gasteiger partial charge in [-0.2, -0.15) is 13.2 Å². The van der Waals surface area contributed by atoms with E-state index >= 15 is 0 Å². The molecule has 0 aliphatic carbocycles. The highest BCUT2D eigenvalue weighted by Gasteiger charge is 2.31. The van der Waals surface area contributed by atoms with Gasteiger partial charge in [-0.3, -0.25) is 4.79 Å². The zero-order valence-electron chi connectivity index (χ0n) is 16.8. The Kier molecular flexibility index (Phi) is 6.91. The minimum Gasteiger partial charge on any atom is -0.483 e. The maximum atomic E-state index is 13.0. The van der Waals surface area contributed by atoms with Crippen molar-refractivity contribution >= 4 is 35.1 Å². The number of ether oxygens (including phenoxy) is 1. The highest BCUT2D eigenvalue weighted by Crippen LogP contribution is 2.48. The number of carbonyl (C=O) groups excluding carboxylic acids is 1. The molecule has 0 unspecified atom stereocenters. The number of hydrogen-bond acceptors (Lipinski definition) is 5. The summed E-state index contributed by atoms with van der Waals surface area (Å²) in [5, 5.41) is 0. The number of piperazine rings is 1. The molecule has 0 atom stereocenters. The van der Waals surface area contributed by atoms with Crippen molar-refractivity contribution < 1.29 is 22.7 Å². The van der Waals surface area contributed by atoms with Crippen LogP contribution in [0.3, 0.4) is 0 Å². The van der Waals surface area contributed by atoms with Crippen molar-refractivity contribution in [2.45, 2.75) is 10.8 Å². The lowest BCUT2D eigenvalue weighted by molar-refractivity contribution is -0.137. The molecule has 9 heteroatoms. The van der Waals surface area contributed by atoms with Crippen LogP contribution in [0.2, 0.25) is 0 Å². The summed E-state index contributed by atoms with van der Waals surface area (Å²) in [6.07, 6.45) is -4.36. The topological polar surface area (TPSA) is 32.8 Å². The van der Waals surface area contributed by atoms with Crippen LogP contribution in [0.5, 0.6) is 5.75 Å². The van der Waals surface area contributed by atoms with Crippen molar-refractivity contribution in [3.8, 4) is 5.75 Å². The number of hydrogen-bond donors (Lipinski definition) is 0. The summed E-state index contributed by atoms with van der Waals surface area (Å²) >= 11 is 3.77. The van der Waals surface area contributed by atoms with E-state index in [1.807, 2.05) is 52.7 Å². The molecule has 0 N–H and O–H groups in total. The van der Waals surface area contributed by atoms with Crippen molar-refractivity contribution in [1.82, 2.24) is 4.90 Å². The van der Waals surface area contributed by atoms with Gasteiger partial charge in [0.05, 0.1) is 10.1 Å². The Morgan fingerprint density at radius 3 is 2.42 bits per heavy atom. The van der Waals surface area contributed by atoms with E-state index in [1.165, 1.54) is 6.07 Å². The first-order chi connectivity index (χ1) is 14.9. The second-order valence-corrected chi connectivity index (χ2v) is 10.0. The molecule has 4 rings (SSSR count). The molecule has 0 bridgehead atoms. The Morgan fingerprint density at radius 1 is 1.00 bits per heavy atom. The van der Waals surface area contributed by atoms with Crippen molar-refractivity contribution in [2.75, 3.05) is 49.2 Å². The minimum absolute atomic E-state index is 0.0391. The predicted octanol–water partition coefficient (Wildman–Crippen LogP) is 4.91. The summed E-state index contributed by atoms with van der Waals surface area (Å²) in [6, 6.07) is 13.2. The lowest BCUT2D eigenvalue weighted by Crippen LogP contribution is -2.50. The first-order valence-electron chi connectivity index (χ1n) is 10.1. The van der Waals surface area contributed by atoms with Crippen molar-refractivity contribution in [1.29, 1.82) is 0 Å². The summed E-state index contributed by atoms with van der Waals surface area (Å²) in [7, 11) is 0. The van der Waals surface area contributed by atoms with Gasteiger partial charge in [0.15, 0.2) is 6.61 Å². The maximum absolute atomic E-state index is 13.0. The lowest BCUT2D eigenvalue weighted by Gasteiger charge is -2.36. The molecule has 0 aromatic heterocycles. The molecule has 2 saturated heterocycles. The normalized spacial score (nSPS) is 17.8. The molecule has 4 nitrogen and oxygen atoms in total. The van der Waals surface area contributed by atoms with Gasteiger partial charge in [-0.05, 0) is 24.3 Å². The van der Waals surface area contributed by atoms with Gasteiger partial charge in [0.1, 0.15) is 5.75 Å². The summed E-state index contributed by atoms with van der Waals surface area (Å²) in [4.78, 5) is 16.2. The van der Waals surface area contributed by atoms with Crippen LogP contribution >= 0.6 is 23.5 Å². The summed E-state index contributed by atoms with van der Waals surface area (Å²) < 4.78 is 45.1. The molecule has 0 spiro atoms. The monoisotopic (exact) mass is 468 g/mol. The van der Waals surface area contributed by atoms with Gasteiger partial charge >= 0.3 is 6.18 Å². The van der Waals surface area contributed by atoms with Crippen LogP contribution in [-0.2, 0) is 11.0 Å². The van der Waals surface area contributed by atoms with Crippen LogP contribution in [0.15, 0.2) is 48.5 Å². The smallest absolute Gasteiger partial charge is 0.416 e. The average molecular weight is 469 g/mol. The van der Waals surface area contributed by atoms with E-state index in [1.54, 1.807) is 11.0 Å². The number of halogens is 3. The Morgan fingerprint density at radius 2 is 1.71 bits per heavy atom. The second-order valence-electron chi connectivity index (χ2n) is 7.32. The van der Waals surface area contributed by atoms with Crippen LogP contribution in [0.4, 0.5) is 18.9 Å². The van der Waals surface area contributed by atoms with E-state index in [0.717, 1.165) is 35.0 Å². The number of benzene rings is 2. The zero-order valence-corrected chi connectivity index (χ0v) is 18.4. The molecule has 2 aliphatic rings. The first kappa shape index (κ1) is 22.2. The van der Waals surface area contributed by atoms with Crippen LogP contribution in [0.1, 0.15) is 15.7 Å². The molecule has 0 radical (unpaired) electrons. The van der Waals surface area contributed by atoms with Gasteiger partial charge < -0.3 is 14.5 Å². The number of anilines is 1. The molecule has 2 aromatic rings. The van der Waals surface area contributed by atoms with Crippen molar-refractivity contribution in [3.63, 3.8) is 0 Å². The molecule has 166 valence electrons. The van der Waals surface area contributed by atoms with Gasteiger partial charge in [0.2, 0.25) is 0 Å². The highest BCUT2D eigenvalue weighted by atomic mass is 32.2. The quantitative estimate of drug-likeness (QED) is 0.623.